The molecule has 0 heterocycles. The van der Waals surface area contributed by atoms with Crippen LogP contribution in [0.2, 0.25) is 0 Å². The molecule has 2 rings (SSSR count). The third kappa shape index (κ3) is 4.44. The van der Waals surface area contributed by atoms with E-state index in [0.717, 1.165) is 0 Å². The Bertz CT molecular complexity index is 648. The molecule has 0 fully saturated rings. The summed E-state index contributed by atoms with van der Waals surface area (Å²) in [6, 6.07) is 1.77. The van der Waals surface area contributed by atoms with E-state index in [1.54, 1.807) is 0 Å². The van der Waals surface area contributed by atoms with Gasteiger partial charge in [-0.3, -0.25) is 0 Å². The van der Waals surface area contributed by atoms with Crippen molar-refractivity contribution in [3.63, 3.8) is 0 Å². The van der Waals surface area contributed by atoms with Crippen LogP contribution in [0.3, 0.4) is 0 Å². The number of halogens is 6. The first-order valence-corrected chi connectivity index (χ1v) is 6.06. The molecule has 23 heavy (non-hydrogen) atoms. The van der Waals surface area contributed by atoms with Gasteiger partial charge in [-0.15, -0.1) is 0 Å². The maximum atomic E-state index is 13.2. The second-order valence-electron chi connectivity index (χ2n) is 4.31. The van der Waals surface area contributed by atoms with Crippen molar-refractivity contribution in [1.29, 1.82) is 0 Å². The fraction of sp³-hybridized carbons (Fsp3) is 0.143. The Hall–Kier alpha value is -2.10. The zero-order chi connectivity index (χ0) is 17.0. The van der Waals surface area contributed by atoms with Gasteiger partial charge in [-0.1, -0.05) is 5.04 Å². The lowest BCUT2D eigenvalue weighted by molar-refractivity contribution is -0.523. The third-order valence-electron chi connectivity index (χ3n) is 2.70. The van der Waals surface area contributed by atoms with E-state index in [9.17, 15) is 26.3 Å². The monoisotopic (exact) mass is 338 g/mol. The van der Waals surface area contributed by atoms with Crippen molar-refractivity contribution in [2.24, 2.45) is 0 Å². The minimum atomic E-state index is -1.36. The second-order valence-corrected chi connectivity index (χ2v) is 4.31. The van der Waals surface area contributed by atoms with Gasteiger partial charge in [-0.25, -0.2) is 36.1 Å². The fourth-order valence-corrected chi connectivity index (χ4v) is 1.56. The van der Waals surface area contributed by atoms with E-state index in [2.05, 4.69) is 14.8 Å². The minimum Gasteiger partial charge on any atom is -0.206 e. The molecular weight excluding hydrogens is 330 g/mol. The first-order valence-electron chi connectivity index (χ1n) is 6.06. The highest BCUT2D eigenvalue weighted by Crippen LogP contribution is 2.16. The fourth-order valence-electron chi connectivity index (χ4n) is 1.56. The maximum absolute atomic E-state index is 13.2. The molecule has 0 saturated carbocycles. The average Bonchev–Trinajstić information content (AvgIpc) is 2.49. The lowest BCUT2D eigenvalue weighted by Gasteiger charge is -2.06. The average molecular weight is 338 g/mol. The Morgan fingerprint density at radius 1 is 0.522 bits per heavy atom. The second kappa shape index (κ2) is 7.44. The van der Waals surface area contributed by atoms with Crippen molar-refractivity contribution in [1.82, 2.24) is 0 Å². The molecule has 0 unspecified atom stereocenters. The summed E-state index contributed by atoms with van der Waals surface area (Å²) >= 11 is 0. The van der Waals surface area contributed by atoms with Gasteiger partial charge in [0.25, 0.3) is 0 Å². The quantitative estimate of drug-likeness (QED) is 0.261. The van der Waals surface area contributed by atoms with Crippen molar-refractivity contribution >= 4 is 0 Å². The van der Waals surface area contributed by atoms with Gasteiger partial charge in [0.15, 0.2) is 23.3 Å². The smallest absolute Gasteiger partial charge is 0.161 e. The summed E-state index contributed by atoms with van der Waals surface area (Å²) in [5.41, 5.74) is -0.710. The molecule has 0 bridgehead atoms. The van der Waals surface area contributed by atoms with Crippen LogP contribution in [0.5, 0.6) is 0 Å². The minimum absolute atomic E-state index is 0.325. The Labute approximate surface area is 125 Å². The molecule has 9 heteroatoms. The van der Waals surface area contributed by atoms with Crippen LogP contribution in [0.1, 0.15) is 11.1 Å². The van der Waals surface area contributed by atoms with Crippen LogP contribution in [0.25, 0.3) is 0 Å². The number of hydrogen-bond acceptors (Lipinski definition) is 3. The summed E-state index contributed by atoms with van der Waals surface area (Å²) in [6.07, 6.45) is 0. The van der Waals surface area contributed by atoms with Crippen molar-refractivity contribution in [2.75, 3.05) is 0 Å². The molecule has 0 aromatic heterocycles. The highest BCUT2D eigenvalue weighted by Gasteiger charge is 2.12. The van der Waals surface area contributed by atoms with E-state index < -0.39 is 48.1 Å². The Morgan fingerprint density at radius 2 is 0.870 bits per heavy atom. The molecule has 0 aliphatic heterocycles. The predicted octanol–water partition coefficient (Wildman–Crippen LogP) is 4.10. The molecule has 2 aromatic rings. The number of benzene rings is 2. The van der Waals surface area contributed by atoms with Crippen molar-refractivity contribution < 1.29 is 41.2 Å². The molecule has 124 valence electrons. The van der Waals surface area contributed by atoms with Crippen LogP contribution >= 0.6 is 0 Å². The molecule has 3 nitrogen and oxygen atoms in total. The van der Waals surface area contributed by atoms with Gasteiger partial charge < -0.3 is 0 Å². The van der Waals surface area contributed by atoms with Crippen LogP contribution in [0, 0.1) is 34.9 Å². The van der Waals surface area contributed by atoms with Gasteiger partial charge in [0, 0.05) is 23.3 Å². The highest BCUT2D eigenvalue weighted by atomic mass is 19.2. The van der Waals surface area contributed by atoms with Crippen molar-refractivity contribution in [3.8, 4) is 0 Å². The largest absolute Gasteiger partial charge is 0.206 e. The third-order valence-corrected chi connectivity index (χ3v) is 2.70. The molecule has 0 aliphatic carbocycles. The molecular formula is C14H8F6O3. The van der Waals surface area contributed by atoms with E-state index in [1.807, 2.05) is 0 Å². The molecule has 0 saturated heterocycles. The summed E-state index contributed by atoms with van der Waals surface area (Å²) in [6.45, 7) is -1.27. The normalized spacial score (nSPS) is 11.0. The van der Waals surface area contributed by atoms with E-state index in [1.165, 1.54) is 0 Å². The Kier molecular flexibility index (Phi) is 5.59. The molecule has 0 N–H and O–H groups in total. The van der Waals surface area contributed by atoms with E-state index in [4.69, 9.17) is 0 Å². The molecule has 0 amide bonds. The zero-order valence-corrected chi connectivity index (χ0v) is 11.2. The SMILES string of the molecule is Fc1cc(F)c(COOOCc2cc(F)c(F)cc2F)cc1F. The van der Waals surface area contributed by atoms with Crippen LogP contribution in [0.15, 0.2) is 24.3 Å². The van der Waals surface area contributed by atoms with E-state index >= 15 is 0 Å². The molecule has 2 aromatic carbocycles. The number of hydrogen-bond donors (Lipinski definition) is 0. The van der Waals surface area contributed by atoms with Crippen molar-refractivity contribution in [2.45, 2.75) is 13.2 Å². The topological polar surface area (TPSA) is 27.7 Å². The van der Waals surface area contributed by atoms with Gasteiger partial charge in [-0.05, 0) is 12.1 Å². The molecule has 0 aliphatic rings. The maximum Gasteiger partial charge on any atom is 0.161 e. The Balaban J connectivity index is 1.83. The summed E-state index contributed by atoms with van der Waals surface area (Å²) in [5, 5.41) is 4.13. The van der Waals surface area contributed by atoms with Crippen molar-refractivity contribution in [3.05, 3.63) is 70.3 Å². The lowest BCUT2D eigenvalue weighted by atomic mass is 10.2. The summed E-state index contributed by atoms with van der Waals surface area (Å²) in [7, 11) is 0. The summed E-state index contributed by atoms with van der Waals surface area (Å²) < 4.78 is 77.6. The van der Waals surface area contributed by atoms with Gasteiger partial charge in [-0.2, -0.15) is 0 Å². The first kappa shape index (κ1) is 17.3. The van der Waals surface area contributed by atoms with Gasteiger partial charge >= 0.3 is 0 Å². The van der Waals surface area contributed by atoms with Crippen LogP contribution in [-0.4, -0.2) is 0 Å². The molecule has 0 atom stereocenters. The standard InChI is InChI=1S/C14H8F6O3/c15-9-3-13(19)11(17)1-7(9)5-21-23-22-6-8-2-12(18)14(20)4-10(8)16/h1-4H,5-6H2. The zero-order valence-electron chi connectivity index (χ0n) is 11.2. The van der Waals surface area contributed by atoms with Gasteiger partial charge in [0.2, 0.25) is 0 Å². The lowest BCUT2D eigenvalue weighted by Crippen LogP contribution is -2.03. The molecule has 0 radical (unpaired) electrons. The van der Waals surface area contributed by atoms with Crippen LogP contribution < -0.4 is 0 Å². The van der Waals surface area contributed by atoms with E-state index in [-0.39, 0.29) is 11.1 Å². The predicted molar refractivity (Wildman–Crippen MR) is 63.3 cm³/mol. The highest BCUT2D eigenvalue weighted by molar-refractivity contribution is 5.20. The summed E-state index contributed by atoms with van der Waals surface area (Å²) in [5.74, 6) is -7.43. The van der Waals surface area contributed by atoms with Crippen LogP contribution in [-0.2, 0) is 28.0 Å². The van der Waals surface area contributed by atoms with Gasteiger partial charge in [0.05, 0.1) is 0 Å². The molecule has 0 spiro atoms. The Morgan fingerprint density at radius 3 is 1.26 bits per heavy atom. The summed E-state index contributed by atoms with van der Waals surface area (Å²) in [4.78, 5) is 8.74. The van der Waals surface area contributed by atoms with Crippen LogP contribution in [0.4, 0.5) is 26.3 Å². The van der Waals surface area contributed by atoms with Gasteiger partial charge in [0.1, 0.15) is 24.8 Å². The number of rotatable bonds is 6. The van der Waals surface area contributed by atoms with E-state index in [0.29, 0.717) is 24.3 Å². The first-order chi connectivity index (χ1) is 10.9.